The van der Waals surface area contributed by atoms with Crippen LogP contribution in [0.3, 0.4) is 0 Å². The lowest BCUT2D eigenvalue weighted by molar-refractivity contribution is 1.50. The third-order valence-corrected chi connectivity index (χ3v) is 0.697. The molecule has 0 amide bonds. The Morgan fingerprint density at radius 1 is 0.625 bits per heavy atom. The summed E-state index contributed by atoms with van der Waals surface area (Å²) in [5.41, 5.74) is 2.04. The molecule has 0 saturated heterocycles. The van der Waals surface area contributed by atoms with Gasteiger partial charge in [0.1, 0.15) is 0 Å². The minimum absolute atomic E-state index is 1.02. The van der Waals surface area contributed by atoms with Gasteiger partial charge in [0.15, 0.2) is 0 Å². The molecule has 0 saturated carbocycles. The van der Waals surface area contributed by atoms with Gasteiger partial charge in [0.25, 0.3) is 0 Å². The summed E-state index contributed by atoms with van der Waals surface area (Å²) >= 11 is 0. The molecule has 98 valence electrons. The van der Waals surface area contributed by atoms with Gasteiger partial charge in [-0.05, 0) is 13.8 Å². The zero-order valence-electron chi connectivity index (χ0n) is 13.0. The first-order chi connectivity index (χ1) is 7.54. The Balaban J connectivity index is -0.0000000345. The van der Waals surface area contributed by atoms with Gasteiger partial charge in [-0.2, -0.15) is 0 Å². The monoisotopic (exact) mass is 226 g/mol. The van der Waals surface area contributed by atoms with Gasteiger partial charge in [0.05, 0.1) is 0 Å². The van der Waals surface area contributed by atoms with Gasteiger partial charge in [-0.3, -0.25) is 0 Å². The summed E-state index contributed by atoms with van der Waals surface area (Å²) in [6, 6.07) is 0. The minimum atomic E-state index is 1.02. The molecule has 16 heavy (non-hydrogen) atoms. The second kappa shape index (κ2) is 48.4. The molecular weight excluding hydrogens is 192 g/mol. The highest BCUT2D eigenvalue weighted by molar-refractivity contribution is 5.06. The maximum Gasteiger partial charge on any atom is -0.0404 e. The molecule has 0 aliphatic carbocycles. The molecule has 0 fully saturated rings. The quantitative estimate of drug-likeness (QED) is 0.467. The van der Waals surface area contributed by atoms with Gasteiger partial charge < -0.3 is 0 Å². The largest absolute Gasteiger partial charge is 0.0988 e. The van der Waals surface area contributed by atoms with Crippen LogP contribution in [0.15, 0.2) is 49.6 Å². The molecule has 0 aromatic carbocycles. The van der Waals surface area contributed by atoms with Crippen LogP contribution in [0, 0.1) is 0 Å². The Labute approximate surface area is 105 Å². The Bertz CT molecular complexity index is 120. The molecule has 0 aromatic rings. The number of hydrogen-bond donors (Lipinski definition) is 0. The highest BCUT2D eigenvalue weighted by atomic mass is 13.7. The smallest absolute Gasteiger partial charge is 0.0404 e. The van der Waals surface area contributed by atoms with E-state index >= 15 is 0 Å². The Morgan fingerprint density at radius 2 is 0.688 bits per heavy atom. The van der Waals surface area contributed by atoms with Crippen LogP contribution in [-0.4, -0.2) is 0 Å². The van der Waals surface area contributed by atoms with Crippen molar-refractivity contribution in [3.8, 4) is 0 Å². The molecule has 0 aliphatic rings. The van der Waals surface area contributed by atoms with Crippen LogP contribution in [0.4, 0.5) is 0 Å². The van der Waals surface area contributed by atoms with Gasteiger partial charge in [-0.25, -0.2) is 0 Å². The van der Waals surface area contributed by atoms with Gasteiger partial charge in [0.2, 0.25) is 0 Å². The normalized spacial score (nSPS) is 5.25. The lowest BCUT2D eigenvalue weighted by atomic mass is 10.4. The fourth-order valence-electron chi connectivity index (χ4n) is 0. The number of hydrogen-bond acceptors (Lipinski definition) is 0. The first kappa shape index (κ1) is 29.4. The van der Waals surface area contributed by atoms with Crippen molar-refractivity contribution in [2.24, 2.45) is 0 Å². The van der Waals surface area contributed by atoms with E-state index in [2.05, 4.69) is 26.3 Å². The fraction of sp³-hybridized carbons (Fsp3) is 0.500. The third kappa shape index (κ3) is 212. The maximum atomic E-state index is 3.56. The molecule has 0 bridgehead atoms. The van der Waals surface area contributed by atoms with Crippen molar-refractivity contribution in [3.05, 3.63) is 49.6 Å². The summed E-state index contributed by atoms with van der Waals surface area (Å²) in [6.45, 7) is 29.9. The summed E-state index contributed by atoms with van der Waals surface area (Å²) in [6.07, 6.45) is 3.44. The van der Waals surface area contributed by atoms with Crippen LogP contribution in [0.1, 0.15) is 55.4 Å². The molecule has 0 aliphatic heterocycles. The fourth-order valence-corrected chi connectivity index (χ4v) is 0. The van der Waals surface area contributed by atoms with Gasteiger partial charge >= 0.3 is 0 Å². The average molecular weight is 226 g/mol. The second-order valence-electron chi connectivity index (χ2n) is 2.10. The molecule has 0 N–H and O–H groups in total. The molecule has 0 nitrogen and oxygen atoms in total. The van der Waals surface area contributed by atoms with Crippen LogP contribution in [0.25, 0.3) is 0 Å². The summed E-state index contributed by atoms with van der Waals surface area (Å²) in [7, 11) is 0. The zero-order chi connectivity index (χ0) is 14.6. The topological polar surface area (TPSA) is 0 Å². The molecule has 0 atom stereocenters. The van der Waals surface area contributed by atoms with Crippen molar-refractivity contribution in [1.29, 1.82) is 0 Å². The predicted octanol–water partition coefficient (Wildman–Crippen LogP) is 6.58. The van der Waals surface area contributed by atoms with E-state index in [1.54, 1.807) is 12.2 Å². The summed E-state index contributed by atoms with van der Waals surface area (Å²) < 4.78 is 0. The average Bonchev–Trinajstić information content (AvgIpc) is 2.37. The highest BCUT2D eigenvalue weighted by Crippen LogP contribution is 1.81. The predicted molar refractivity (Wildman–Crippen MR) is 84.1 cm³/mol. The first-order valence-corrected chi connectivity index (χ1v) is 6.10. The number of rotatable bonds is 2. The summed E-state index contributed by atoms with van der Waals surface area (Å²) in [5, 5.41) is 0. The van der Waals surface area contributed by atoms with Crippen molar-refractivity contribution in [2.75, 3.05) is 0 Å². The van der Waals surface area contributed by atoms with Crippen molar-refractivity contribution in [1.82, 2.24) is 0 Å². The maximum absolute atomic E-state index is 3.56. The molecule has 0 spiro atoms. The zero-order valence-corrected chi connectivity index (χ0v) is 13.0. The Kier molecular flexibility index (Phi) is 88.9. The van der Waals surface area contributed by atoms with Crippen LogP contribution in [-0.2, 0) is 0 Å². The number of allylic oxidation sites excluding steroid dienone is 4. The van der Waals surface area contributed by atoms with E-state index in [1.807, 2.05) is 55.4 Å². The SMILES string of the molecule is C=CC(=C)C.C=CC(=C)C.CC.CC.CC. The van der Waals surface area contributed by atoms with Crippen molar-refractivity contribution in [2.45, 2.75) is 55.4 Å². The van der Waals surface area contributed by atoms with E-state index in [9.17, 15) is 0 Å². The van der Waals surface area contributed by atoms with Crippen LogP contribution >= 0.6 is 0 Å². The lowest BCUT2D eigenvalue weighted by Gasteiger charge is -1.71. The first-order valence-electron chi connectivity index (χ1n) is 6.10. The third-order valence-electron chi connectivity index (χ3n) is 0.697. The molecule has 0 radical (unpaired) electrons. The second-order valence-corrected chi connectivity index (χ2v) is 2.10. The van der Waals surface area contributed by atoms with Gasteiger partial charge in [-0.15, -0.1) is 0 Å². The lowest BCUT2D eigenvalue weighted by Crippen LogP contribution is -1.50. The van der Waals surface area contributed by atoms with E-state index in [-0.39, 0.29) is 0 Å². The molecule has 0 aromatic heterocycles. The van der Waals surface area contributed by atoms with E-state index in [4.69, 9.17) is 0 Å². The van der Waals surface area contributed by atoms with E-state index in [0.717, 1.165) is 11.1 Å². The van der Waals surface area contributed by atoms with Crippen molar-refractivity contribution < 1.29 is 0 Å². The molecule has 0 heterocycles. The highest BCUT2D eigenvalue weighted by Gasteiger charge is 1.59. The Hall–Kier alpha value is -1.04. The standard InChI is InChI=1S/2C5H8.3C2H6/c2*1-4-5(2)3;3*1-2/h2*4H,1-2H2,3H3;3*1-2H3. The van der Waals surface area contributed by atoms with Crippen LogP contribution in [0.2, 0.25) is 0 Å². The van der Waals surface area contributed by atoms with Crippen LogP contribution in [0.5, 0.6) is 0 Å². The molecular formula is C16H34. The Morgan fingerprint density at radius 3 is 0.688 bits per heavy atom. The minimum Gasteiger partial charge on any atom is -0.0988 e. The van der Waals surface area contributed by atoms with E-state index < -0.39 is 0 Å². The molecule has 0 unspecified atom stereocenters. The molecule has 0 rings (SSSR count). The van der Waals surface area contributed by atoms with Gasteiger partial charge in [0, 0.05) is 0 Å². The van der Waals surface area contributed by atoms with Crippen molar-refractivity contribution >= 4 is 0 Å². The van der Waals surface area contributed by atoms with Gasteiger partial charge in [-0.1, -0.05) is 91.2 Å². The van der Waals surface area contributed by atoms with Crippen LogP contribution < -0.4 is 0 Å². The van der Waals surface area contributed by atoms with Crippen molar-refractivity contribution in [3.63, 3.8) is 0 Å². The van der Waals surface area contributed by atoms with E-state index in [0.29, 0.717) is 0 Å². The molecule has 0 heteroatoms. The summed E-state index contributed by atoms with van der Waals surface area (Å²) in [5.74, 6) is 0. The summed E-state index contributed by atoms with van der Waals surface area (Å²) in [4.78, 5) is 0. The van der Waals surface area contributed by atoms with E-state index in [1.165, 1.54) is 0 Å².